The topological polar surface area (TPSA) is 63.2 Å². The molecule has 7 heteroatoms. The highest BCUT2D eigenvalue weighted by atomic mass is 19.3. The van der Waals surface area contributed by atoms with Gasteiger partial charge in [0.05, 0.1) is 12.2 Å². The number of hydrogen-bond acceptors (Lipinski definition) is 3. The third-order valence-electron chi connectivity index (χ3n) is 3.00. The molecule has 0 aliphatic rings. The molecule has 23 heavy (non-hydrogen) atoms. The number of hydrogen-bond donors (Lipinski definition) is 2. The quantitative estimate of drug-likeness (QED) is 0.824. The van der Waals surface area contributed by atoms with Gasteiger partial charge in [-0.3, -0.25) is 4.98 Å². The first-order valence-corrected chi connectivity index (χ1v) is 7.09. The van der Waals surface area contributed by atoms with Crippen LogP contribution in [-0.2, 0) is 13.0 Å². The monoisotopic (exact) mass is 321 g/mol. The maximum absolute atomic E-state index is 12.0. The molecule has 2 N–H and O–H groups in total. The van der Waals surface area contributed by atoms with Crippen LogP contribution in [0.4, 0.5) is 13.6 Å². The summed E-state index contributed by atoms with van der Waals surface area (Å²) in [6.45, 7) is -2.04. The highest BCUT2D eigenvalue weighted by Gasteiger charge is 2.04. The molecule has 1 heterocycles. The molecule has 0 saturated carbocycles. The molecule has 0 spiro atoms. The van der Waals surface area contributed by atoms with E-state index >= 15 is 0 Å². The smallest absolute Gasteiger partial charge is 0.387 e. The lowest BCUT2D eigenvalue weighted by Gasteiger charge is -2.08. The summed E-state index contributed by atoms with van der Waals surface area (Å²) in [6.07, 6.45) is 2.25. The highest BCUT2D eigenvalue weighted by molar-refractivity contribution is 5.73. The van der Waals surface area contributed by atoms with Gasteiger partial charge in [-0.2, -0.15) is 8.78 Å². The lowest BCUT2D eigenvalue weighted by Crippen LogP contribution is -2.36. The van der Waals surface area contributed by atoms with Gasteiger partial charge in [0.1, 0.15) is 5.75 Å². The van der Waals surface area contributed by atoms with Crippen LogP contribution in [0.2, 0.25) is 0 Å². The summed E-state index contributed by atoms with van der Waals surface area (Å²) in [5, 5.41) is 5.42. The Morgan fingerprint density at radius 3 is 2.57 bits per heavy atom. The largest absolute Gasteiger partial charge is 0.435 e. The third-order valence-corrected chi connectivity index (χ3v) is 3.00. The second kappa shape index (κ2) is 8.67. The molecule has 0 saturated heterocycles. The molecule has 0 aliphatic carbocycles. The fourth-order valence-corrected chi connectivity index (χ4v) is 1.89. The lowest BCUT2D eigenvalue weighted by molar-refractivity contribution is -0.0498. The average Bonchev–Trinajstić information content (AvgIpc) is 2.55. The zero-order valence-electron chi connectivity index (χ0n) is 12.3. The first-order chi connectivity index (χ1) is 11.1. The van der Waals surface area contributed by atoms with E-state index < -0.39 is 6.61 Å². The van der Waals surface area contributed by atoms with E-state index in [1.807, 2.05) is 12.1 Å². The van der Waals surface area contributed by atoms with Crippen LogP contribution >= 0.6 is 0 Å². The minimum absolute atomic E-state index is 0.116. The van der Waals surface area contributed by atoms with E-state index in [0.29, 0.717) is 19.5 Å². The van der Waals surface area contributed by atoms with Crippen LogP contribution in [0, 0.1) is 0 Å². The Hall–Kier alpha value is -2.70. The van der Waals surface area contributed by atoms with Crippen molar-refractivity contribution in [2.75, 3.05) is 6.54 Å². The van der Waals surface area contributed by atoms with E-state index in [1.165, 1.54) is 12.1 Å². The molecule has 0 unspecified atom stereocenters. The Morgan fingerprint density at radius 2 is 1.91 bits per heavy atom. The highest BCUT2D eigenvalue weighted by Crippen LogP contribution is 2.14. The summed E-state index contributed by atoms with van der Waals surface area (Å²) >= 11 is 0. The van der Waals surface area contributed by atoms with E-state index in [4.69, 9.17) is 0 Å². The van der Waals surface area contributed by atoms with Crippen LogP contribution in [0.1, 0.15) is 11.3 Å². The molecular formula is C16H17F2N3O2. The van der Waals surface area contributed by atoms with Crippen LogP contribution in [0.3, 0.4) is 0 Å². The maximum atomic E-state index is 12.0. The molecule has 0 radical (unpaired) electrons. The summed E-state index contributed by atoms with van der Waals surface area (Å²) < 4.78 is 28.3. The Morgan fingerprint density at radius 1 is 1.13 bits per heavy atom. The van der Waals surface area contributed by atoms with Crippen LogP contribution in [-0.4, -0.2) is 24.2 Å². The van der Waals surface area contributed by atoms with Gasteiger partial charge in [-0.05, 0) is 36.2 Å². The summed E-state index contributed by atoms with van der Waals surface area (Å²) in [4.78, 5) is 15.7. The van der Waals surface area contributed by atoms with Gasteiger partial charge in [0.15, 0.2) is 0 Å². The molecule has 0 fully saturated rings. The molecule has 0 aliphatic heterocycles. The van der Waals surface area contributed by atoms with Crippen molar-refractivity contribution in [2.24, 2.45) is 0 Å². The summed E-state index contributed by atoms with van der Waals surface area (Å²) in [5.74, 6) is 0.116. The number of carbonyl (C=O) groups excluding carboxylic acids is 1. The number of halogens is 2. The van der Waals surface area contributed by atoms with Gasteiger partial charge in [-0.15, -0.1) is 0 Å². The summed E-state index contributed by atoms with van der Waals surface area (Å²) in [7, 11) is 0. The van der Waals surface area contributed by atoms with E-state index in [-0.39, 0.29) is 11.8 Å². The molecule has 2 amide bonds. The van der Waals surface area contributed by atoms with Crippen molar-refractivity contribution < 1.29 is 18.3 Å². The normalized spacial score (nSPS) is 10.4. The average molecular weight is 321 g/mol. The standard InChI is InChI=1S/C16H17F2N3O2/c17-15(18)23-14-6-4-12(5-7-14)8-10-20-16(22)21-11-13-3-1-2-9-19-13/h1-7,9,15H,8,10-11H2,(H2,20,21,22). The van der Waals surface area contributed by atoms with E-state index in [2.05, 4.69) is 20.4 Å². The first-order valence-electron chi connectivity index (χ1n) is 7.09. The summed E-state index contributed by atoms with van der Waals surface area (Å²) in [5.41, 5.74) is 1.69. The Labute approximate surface area is 132 Å². The molecule has 0 bridgehead atoms. The zero-order chi connectivity index (χ0) is 16.5. The summed E-state index contributed by atoms with van der Waals surface area (Å²) in [6, 6.07) is 11.5. The third kappa shape index (κ3) is 6.29. The van der Waals surface area contributed by atoms with Crippen molar-refractivity contribution >= 4 is 6.03 Å². The van der Waals surface area contributed by atoms with Gasteiger partial charge in [0, 0.05) is 12.7 Å². The number of nitrogens with zero attached hydrogens (tertiary/aromatic N) is 1. The predicted octanol–water partition coefficient (Wildman–Crippen LogP) is 2.72. The molecule has 2 rings (SSSR count). The number of ether oxygens (including phenoxy) is 1. The first kappa shape index (κ1) is 16.7. The number of aromatic nitrogens is 1. The fraction of sp³-hybridized carbons (Fsp3) is 0.250. The maximum Gasteiger partial charge on any atom is 0.387 e. The molecule has 122 valence electrons. The molecular weight excluding hydrogens is 304 g/mol. The number of alkyl halides is 2. The zero-order valence-corrected chi connectivity index (χ0v) is 12.3. The van der Waals surface area contributed by atoms with Crippen molar-refractivity contribution in [3.05, 3.63) is 59.9 Å². The second-order valence-corrected chi connectivity index (χ2v) is 4.70. The van der Waals surface area contributed by atoms with Crippen LogP contribution < -0.4 is 15.4 Å². The number of benzene rings is 1. The Balaban J connectivity index is 1.67. The lowest BCUT2D eigenvalue weighted by atomic mass is 10.1. The van der Waals surface area contributed by atoms with Gasteiger partial charge in [0.2, 0.25) is 0 Å². The number of carbonyl (C=O) groups is 1. The van der Waals surface area contributed by atoms with Crippen molar-refractivity contribution in [2.45, 2.75) is 19.6 Å². The van der Waals surface area contributed by atoms with E-state index in [1.54, 1.807) is 24.4 Å². The number of rotatable bonds is 7. The molecule has 1 aromatic carbocycles. The number of pyridine rings is 1. The second-order valence-electron chi connectivity index (χ2n) is 4.70. The van der Waals surface area contributed by atoms with Gasteiger partial charge in [-0.1, -0.05) is 18.2 Å². The van der Waals surface area contributed by atoms with E-state index in [0.717, 1.165) is 11.3 Å². The van der Waals surface area contributed by atoms with Crippen molar-refractivity contribution in [3.63, 3.8) is 0 Å². The van der Waals surface area contributed by atoms with Crippen LogP contribution in [0.15, 0.2) is 48.7 Å². The number of nitrogens with one attached hydrogen (secondary N) is 2. The molecule has 1 aromatic heterocycles. The number of urea groups is 1. The van der Waals surface area contributed by atoms with Gasteiger partial charge >= 0.3 is 12.6 Å². The minimum Gasteiger partial charge on any atom is -0.435 e. The SMILES string of the molecule is O=C(NCCc1ccc(OC(F)F)cc1)NCc1ccccn1. The van der Waals surface area contributed by atoms with E-state index in [9.17, 15) is 13.6 Å². The molecule has 0 atom stereocenters. The predicted molar refractivity (Wildman–Crippen MR) is 81.3 cm³/mol. The fourth-order valence-electron chi connectivity index (χ4n) is 1.89. The van der Waals surface area contributed by atoms with Gasteiger partial charge in [0.25, 0.3) is 0 Å². The Kier molecular flexibility index (Phi) is 6.28. The van der Waals surface area contributed by atoms with Crippen molar-refractivity contribution in [1.29, 1.82) is 0 Å². The van der Waals surface area contributed by atoms with Crippen LogP contribution in [0.25, 0.3) is 0 Å². The van der Waals surface area contributed by atoms with Crippen molar-refractivity contribution in [3.8, 4) is 5.75 Å². The molecule has 5 nitrogen and oxygen atoms in total. The Bertz CT molecular complexity index is 606. The van der Waals surface area contributed by atoms with Gasteiger partial charge in [-0.25, -0.2) is 4.79 Å². The van der Waals surface area contributed by atoms with Crippen molar-refractivity contribution in [1.82, 2.24) is 15.6 Å². The van der Waals surface area contributed by atoms with Crippen LogP contribution in [0.5, 0.6) is 5.75 Å². The number of amides is 2. The minimum atomic E-state index is -2.83. The molecule has 2 aromatic rings. The van der Waals surface area contributed by atoms with Gasteiger partial charge < -0.3 is 15.4 Å².